The Morgan fingerprint density at radius 1 is 1.22 bits per heavy atom. The van der Waals surface area contributed by atoms with Crippen molar-refractivity contribution in [2.24, 2.45) is 17.8 Å². The molecule has 0 radical (unpaired) electrons. The van der Waals surface area contributed by atoms with Crippen molar-refractivity contribution in [1.29, 1.82) is 0 Å². The fourth-order valence-corrected chi connectivity index (χ4v) is 3.06. The Hall–Kier alpha value is -0.940. The van der Waals surface area contributed by atoms with Crippen LogP contribution in [0.15, 0.2) is 0 Å². The number of nitrogens with zero attached hydrogens (tertiary/aromatic N) is 1. The summed E-state index contributed by atoms with van der Waals surface area (Å²) >= 11 is 0. The van der Waals surface area contributed by atoms with E-state index < -0.39 is 0 Å². The average molecular weight is 254 g/mol. The Balaban J connectivity index is 1.80. The highest BCUT2D eigenvalue weighted by Gasteiger charge is 2.51. The summed E-state index contributed by atoms with van der Waals surface area (Å²) in [6, 6.07) is 0. The van der Waals surface area contributed by atoms with E-state index in [2.05, 4.69) is 12.2 Å². The summed E-state index contributed by atoms with van der Waals surface area (Å²) in [6.07, 6.45) is 1.76. The first-order chi connectivity index (χ1) is 8.65. The number of likely N-dealkylation sites (tertiary alicyclic amines) is 1. The zero-order valence-corrected chi connectivity index (χ0v) is 11.1. The highest BCUT2D eigenvalue weighted by Crippen LogP contribution is 2.42. The molecule has 2 unspecified atom stereocenters. The summed E-state index contributed by atoms with van der Waals surface area (Å²) in [7, 11) is 1.65. The van der Waals surface area contributed by atoms with Gasteiger partial charge in [-0.15, -0.1) is 0 Å². The van der Waals surface area contributed by atoms with Crippen molar-refractivity contribution in [1.82, 2.24) is 10.2 Å². The molecule has 2 rings (SSSR count). The molecule has 18 heavy (non-hydrogen) atoms. The van der Waals surface area contributed by atoms with Crippen LogP contribution in [0.5, 0.6) is 0 Å². The van der Waals surface area contributed by atoms with Crippen LogP contribution >= 0.6 is 0 Å². The van der Waals surface area contributed by atoms with Crippen LogP contribution in [-0.4, -0.2) is 50.1 Å². The fraction of sp³-hybridized carbons (Fsp3) is 0.846. The highest BCUT2D eigenvalue weighted by molar-refractivity contribution is 6.05. The minimum Gasteiger partial charge on any atom is -0.383 e. The second kappa shape index (κ2) is 5.80. The fourth-order valence-electron chi connectivity index (χ4n) is 3.06. The van der Waals surface area contributed by atoms with Crippen LogP contribution in [0.1, 0.15) is 19.8 Å². The van der Waals surface area contributed by atoms with Gasteiger partial charge in [0.15, 0.2) is 0 Å². The van der Waals surface area contributed by atoms with Gasteiger partial charge in [-0.05, 0) is 18.8 Å². The second-order valence-corrected chi connectivity index (χ2v) is 5.36. The third kappa shape index (κ3) is 2.57. The minimum atomic E-state index is -0.0357. The highest BCUT2D eigenvalue weighted by atomic mass is 16.5. The molecule has 102 valence electrons. The smallest absolute Gasteiger partial charge is 0.233 e. The molecule has 0 bridgehead atoms. The van der Waals surface area contributed by atoms with Crippen molar-refractivity contribution in [2.75, 3.05) is 33.4 Å². The van der Waals surface area contributed by atoms with Gasteiger partial charge in [-0.2, -0.15) is 0 Å². The zero-order chi connectivity index (χ0) is 13.1. The summed E-state index contributed by atoms with van der Waals surface area (Å²) in [5, 5.41) is 3.16. The molecule has 0 aromatic carbocycles. The number of carbonyl (C=O) groups excluding carboxylic acids is 2. The van der Waals surface area contributed by atoms with E-state index in [9.17, 15) is 9.59 Å². The molecule has 1 heterocycles. The largest absolute Gasteiger partial charge is 0.383 e. The molecule has 0 aromatic rings. The molecule has 1 saturated carbocycles. The standard InChI is InChI=1S/C13H22N2O3/c1-9-7-10-11(8-9)13(17)15(12(10)16)5-3-14-4-6-18-2/h9-11,14H,3-8H2,1-2H3. The molecule has 0 aromatic heterocycles. The SMILES string of the molecule is COCCNCCN1C(=O)C2CC(C)CC2C1=O. The molecular formula is C13H22N2O3. The number of hydrogen-bond acceptors (Lipinski definition) is 4. The second-order valence-electron chi connectivity index (χ2n) is 5.36. The van der Waals surface area contributed by atoms with E-state index in [-0.39, 0.29) is 23.7 Å². The van der Waals surface area contributed by atoms with Crippen LogP contribution in [0.3, 0.4) is 0 Å². The van der Waals surface area contributed by atoms with Crippen molar-refractivity contribution >= 4 is 11.8 Å². The number of nitrogens with one attached hydrogen (secondary N) is 1. The number of methoxy groups -OCH3 is 1. The van der Waals surface area contributed by atoms with Gasteiger partial charge in [0.1, 0.15) is 0 Å². The van der Waals surface area contributed by atoms with E-state index in [4.69, 9.17) is 4.74 Å². The van der Waals surface area contributed by atoms with Crippen LogP contribution in [-0.2, 0) is 14.3 Å². The number of fused-ring (bicyclic) bond motifs is 1. The maximum absolute atomic E-state index is 12.1. The Morgan fingerprint density at radius 3 is 2.39 bits per heavy atom. The molecular weight excluding hydrogens is 232 g/mol. The van der Waals surface area contributed by atoms with Gasteiger partial charge >= 0.3 is 0 Å². The predicted molar refractivity (Wildman–Crippen MR) is 66.8 cm³/mol. The molecule has 2 amide bonds. The van der Waals surface area contributed by atoms with E-state index in [0.29, 0.717) is 25.6 Å². The van der Waals surface area contributed by atoms with Crippen molar-refractivity contribution in [3.05, 3.63) is 0 Å². The molecule has 1 saturated heterocycles. The van der Waals surface area contributed by atoms with Gasteiger partial charge in [-0.3, -0.25) is 14.5 Å². The number of rotatable bonds is 6. The maximum Gasteiger partial charge on any atom is 0.233 e. The number of amides is 2. The molecule has 2 aliphatic rings. The van der Waals surface area contributed by atoms with Gasteiger partial charge in [0.25, 0.3) is 0 Å². The van der Waals surface area contributed by atoms with E-state index in [1.54, 1.807) is 7.11 Å². The van der Waals surface area contributed by atoms with E-state index >= 15 is 0 Å². The molecule has 1 aliphatic heterocycles. The summed E-state index contributed by atoms with van der Waals surface area (Å²) in [4.78, 5) is 25.7. The summed E-state index contributed by atoms with van der Waals surface area (Å²) in [6.45, 7) is 4.65. The van der Waals surface area contributed by atoms with Crippen LogP contribution < -0.4 is 5.32 Å². The third-order valence-electron chi connectivity index (χ3n) is 3.96. The number of carbonyl (C=O) groups is 2. The van der Waals surface area contributed by atoms with Gasteiger partial charge in [0.2, 0.25) is 11.8 Å². The summed E-state index contributed by atoms with van der Waals surface area (Å²) in [5.74, 6) is 0.526. The average Bonchev–Trinajstić information content (AvgIpc) is 2.82. The van der Waals surface area contributed by atoms with Gasteiger partial charge < -0.3 is 10.1 Å². The van der Waals surface area contributed by atoms with Gasteiger partial charge in [-0.1, -0.05) is 6.92 Å². The number of imide groups is 1. The lowest BCUT2D eigenvalue weighted by molar-refractivity contribution is -0.140. The monoisotopic (exact) mass is 254 g/mol. The Morgan fingerprint density at radius 2 is 1.83 bits per heavy atom. The Bertz CT molecular complexity index is 308. The van der Waals surface area contributed by atoms with E-state index in [1.807, 2.05) is 0 Å². The minimum absolute atomic E-state index is 0.0357. The Kier molecular flexibility index (Phi) is 4.35. The maximum atomic E-state index is 12.1. The lowest BCUT2D eigenvalue weighted by Crippen LogP contribution is -2.38. The Labute approximate surface area is 108 Å². The first-order valence-corrected chi connectivity index (χ1v) is 6.70. The van der Waals surface area contributed by atoms with E-state index in [0.717, 1.165) is 19.4 Å². The van der Waals surface area contributed by atoms with Crippen LogP contribution in [0, 0.1) is 17.8 Å². The molecule has 5 nitrogen and oxygen atoms in total. The topological polar surface area (TPSA) is 58.6 Å². The number of hydrogen-bond donors (Lipinski definition) is 1. The zero-order valence-electron chi connectivity index (χ0n) is 11.1. The van der Waals surface area contributed by atoms with Crippen molar-refractivity contribution < 1.29 is 14.3 Å². The summed E-state index contributed by atoms with van der Waals surface area (Å²) < 4.78 is 4.92. The van der Waals surface area contributed by atoms with Crippen LogP contribution in [0.2, 0.25) is 0 Å². The molecule has 1 aliphatic carbocycles. The van der Waals surface area contributed by atoms with Crippen LogP contribution in [0.4, 0.5) is 0 Å². The van der Waals surface area contributed by atoms with Crippen molar-refractivity contribution in [3.63, 3.8) is 0 Å². The molecule has 5 heteroatoms. The molecule has 1 N–H and O–H groups in total. The number of ether oxygens (including phenoxy) is 1. The summed E-state index contributed by atoms with van der Waals surface area (Å²) in [5.41, 5.74) is 0. The predicted octanol–water partition coefficient (Wildman–Crippen LogP) is 0.253. The first kappa shape index (κ1) is 13.5. The lowest BCUT2D eigenvalue weighted by atomic mass is 10.00. The van der Waals surface area contributed by atoms with E-state index in [1.165, 1.54) is 4.90 Å². The quantitative estimate of drug-likeness (QED) is 0.545. The van der Waals surface area contributed by atoms with Gasteiger partial charge in [0.05, 0.1) is 18.4 Å². The normalized spacial score (nSPS) is 31.2. The van der Waals surface area contributed by atoms with Gasteiger partial charge in [-0.25, -0.2) is 0 Å². The van der Waals surface area contributed by atoms with Crippen molar-refractivity contribution in [3.8, 4) is 0 Å². The lowest BCUT2D eigenvalue weighted by Gasteiger charge is -2.17. The first-order valence-electron chi connectivity index (χ1n) is 6.70. The van der Waals surface area contributed by atoms with Crippen LogP contribution in [0.25, 0.3) is 0 Å². The van der Waals surface area contributed by atoms with Crippen molar-refractivity contribution in [2.45, 2.75) is 19.8 Å². The third-order valence-corrected chi connectivity index (χ3v) is 3.96. The van der Waals surface area contributed by atoms with Gasteiger partial charge in [0, 0.05) is 26.7 Å². The molecule has 2 atom stereocenters. The molecule has 0 spiro atoms. The molecule has 2 fully saturated rings.